The number of benzene rings is 1. The van der Waals surface area contributed by atoms with Crippen LogP contribution >= 0.6 is 11.6 Å². The van der Waals surface area contributed by atoms with E-state index in [0.717, 1.165) is 33.0 Å². The van der Waals surface area contributed by atoms with Crippen LogP contribution in [0.15, 0.2) is 0 Å². The van der Waals surface area contributed by atoms with E-state index in [1.54, 1.807) is 14.0 Å². The second kappa shape index (κ2) is 6.21. The molecule has 0 aliphatic rings. The number of rotatable bonds is 5. The van der Waals surface area contributed by atoms with E-state index in [0.29, 0.717) is 13.1 Å². The van der Waals surface area contributed by atoms with Crippen molar-refractivity contribution in [3.05, 3.63) is 27.3 Å². The minimum atomic E-state index is 0.113. The van der Waals surface area contributed by atoms with E-state index < -0.39 is 0 Å². The molecule has 1 rings (SSSR count). The molecule has 0 aliphatic carbocycles. The molecular weight excluding hydrogens is 250 g/mol. The minimum Gasteiger partial charge on any atom is -0.496 e. The monoisotopic (exact) mass is 269 g/mol. The smallest absolute Gasteiger partial charge is 0.143 e. The van der Waals surface area contributed by atoms with Crippen molar-refractivity contribution >= 4 is 17.4 Å². The zero-order chi connectivity index (χ0) is 13.9. The van der Waals surface area contributed by atoms with Gasteiger partial charge in [0.15, 0.2) is 0 Å². The van der Waals surface area contributed by atoms with Crippen molar-refractivity contribution in [2.75, 3.05) is 13.7 Å². The van der Waals surface area contributed by atoms with Crippen LogP contribution < -0.4 is 10.1 Å². The van der Waals surface area contributed by atoms with Gasteiger partial charge in [0.2, 0.25) is 0 Å². The van der Waals surface area contributed by atoms with E-state index in [-0.39, 0.29) is 5.78 Å². The summed E-state index contributed by atoms with van der Waals surface area (Å²) in [7, 11) is 1.66. The van der Waals surface area contributed by atoms with Gasteiger partial charge in [-0.2, -0.15) is 0 Å². The van der Waals surface area contributed by atoms with E-state index in [1.807, 2.05) is 20.8 Å². The fourth-order valence-electron chi connectivity index (χ4n) is 2.00. The lowest BCUT2D eigenvalue weighted by atomic mass is 9.98. The first-order valence-corrected chi connectivity index (χ1v) is 6.30. The number of hydrogen-bond acceptors (Lipinski definition) is 3. The largest absolute Gasteiger partial charge is 0.496 e. The summed E-state index contributed by atoms with van der Waals surface area (Å²) in [4.78, 5) is 10.9. The van der Waals surface area contributed by atoms with Gasteiger partial charge in [-0.1, -0.05) is 11.6 Å². The Labute approximate surface area is 113 Å². The highest BCUT2D eigenvalue weighted by atomic mass is 35.5. The molecule has 0 saturated heterocycles. The third-order valence-corrected chi connectivity index (χ3v) is 3.74. The number of methoxy groups -OCH3 is 1. The highest BCUT2D eigenvalue weighted by molar-refractivity contribution is 6.32. The van der Waals surface area contributed by atoms with E-state index >= 15 is 0 Å². The molecule has 0 aromatic heterocycles. The van der Waals surface area contributed by atoms with E-state index in [9.17, 15) is 4.79 Å². The predicted molar refractivity (Wildman–Crippen MR) is 74.6 cm³/mol. The van der Waals surface area contributed by atoms with Crippen molar-refractivity contribution < 1.29 is 9.53 Å². The summed E-state index contributed by atoms with van der Waals surface area (Å²) < 4.78 is 5.47. The standard InChI is InChI=1S/C14H20ClNO2/c1-8(17)6-16-7-12-11(4)13(15)9(2)10(3)14(12)18-5/h16H,6-7H2,1-5H3. The Morgan fingerprint density at radius 2 is 1.83 bits per heavy atom. The summed E-state index contributed by atoms with van der Waals surface area (Å²) >= 11 is 6.31. The van der Waals surface area contributed by atoms with Crippen LogP contribution in [0.2, 0.25) is 5.02 Å². The molecule has 0 radical (unpaired) electrons. The Kier molecular flexibility index (Phi) is 5.17. The second-order valence-electron chi connectivity index (χ2n) is 4.51. The summed E-state index contributed by atoms with van der Waals surface area (Å²) in [6.45, 7) is 8.45. The molecule has 0 spiro atoms. The van der Waals surface area contributed by atoms with Crippen LogP contribution in [0.5, 0.6) is 5.75 Å². The zero-order valence-corrected chi connectivity index (χ0v) is 12.4. The van der Waals surface area contributed by atoms with Crippen LogP contribution in [0.1, 0.15) is 29.2 Å². The molecule has 0 amide bonds. The molecule has 1 aromatic rings. The Morgan fingerprint density at radius 3 is 2.33 bits per heavy atom. The van der Waals surface area contributed by atoms with Crippen LogP contribution in [0, 0.1) is 20.8 Å². The number of hydrogen-bond donors (Lipinski definition) is 1. The van der Waals surface area contributed by atoms with Crippen LogP contribution in [0.3, 0.4) is 0 Å². The molecule has 0 fully saturated rings. The van der Waals surface area contributed by atoms with Crippen LogP contribution in [0.4, 0.5) is 0 Å². The van der Waals surface area contributed by atoms with Gasteiger partial charge in [0, 0.05) is 17.1 Å². The van der Waals surface area contributed by atoms with Gasteiger partial charge in [0.05, 0.1) is 13.7 Å². The number of carbonyl (C=O) groups excluding carboxylic acids is 1. The minimum absolute atomic E-state index is 0.113. The quantitative estimate of drug-likeness (QED) is 0.893. The molecule has 1 N–H and O–H groups in total. The van der Waals surface area contributed by atoms with Crippen molar-refractivity contribution in [2.45, 2.75) is 34.2 Å². The van der Waals surface area contributed by atoms with Gasteiger partial charge in [0.1, 0.15) is 11.5 Å². The Bertz CT molecular complexity index is 470. The van der Waals surface area contributed by atoms with Crippen LogP contribution in [-0.2, 0) is 11.3 Å². The lowest BCUT2D eigenvalue weighted by Gasteiger charge is -2.18. The SMILES string of the molecule is COc1c(C)c(C)c(Cl)c(C)c1CNCC(C)=O. The lowest BCUT2D eigenvalue weighted by molar-refractivity contribution is -0.116. The second-order valence-corrected chi connectivity index (χ2v) is 4.88. The first-order chi connectivity index (χ1) is 8.40. The predicted octanol–water partition coefficient (Wildman–Crippen LogP) is 2.95. The van der Waals surface area contributed by atoms with E-state index in [1.165, 1.54) is 0 Å². The highest BCUT2D eigenvalue weighted by Gasteiger charge is 2.16. The third kappa shape index (κ3) is 3.03. The maximum absolute atomic E-state index is 10.9. The number of ketones is 1. The van der Waals surface area contributed by atoms with E-state index in [2.05, 4.69) is 5.32 Å². The van der Waals surface area contributed by atoms with Crippen LogP contribution in [0.25, 0.3) is 0 Å². The average molecular weight is 270 g/mol. The Hall–Kier alpha value is -1.06. The van der Waals surface area contributed by atoms with Gasteiger partial charge >= 0.3 is 0 Å². The highest BCUT2D eigenvalue weighted by Crippen LogP contribution is 2.35. The fraction of sp³-hybridized carbons (Fsp3) is 0.500. The number of ether oxygens (including phenoxy) is 1. The van der Waals surface area contributed by atoms with Crippen molar-refractivity contribution in [2.24, 2.45) is 0 Å². The van der Waals surface area contributed by atoms with Gasteiger partial charge in [-0.05, 0) is 44.4 Å². The topological polar surface area (TPSA) is 38.3 Å². The summed E-state index contributed by atoms with van der Waals surface area (Å²) in [5, 5.41) is 3.87. The third-order valence-electron chi connectivity index (χ3n) is 3.17. The zero-order valence-electron chi connectivity index (χ0n) is 11.6. The number of carbonyl (C=O) groups is 1. The first-order valence-electron chi connectivity index (χ1n) is 5.92. The molecule has 0 unspecified atom stereocenters. The van der Waals surface area contributed by atoms with Crippen molar-refractivity contribution in [3.8, 4) is 5.75 Å². The molecule has 4 heteroatoms. The lowest BCUT2D eigenvalue weighted by Crippen LogP contribution is -2.21. The number of Topliss-reactive ketones (excluding diaryl/α,β-unsaturated/α-hetero) is 1. The van der Waals surface area contributed by atoms with Gasteiger partial charge in [-0.3, -0.25) is 4.79 Å². The molecule has 0 heterocycles. The van der Waals surface area contributed by atoms with Crippen LogP contribution in [-0.4, -0.2) is 19.4 Å². The molecular formula is C14H20ClNO2. The molecule has 0 saturated carbocycles. The molecule has 0 bridgehead atoms. The maximum Gasteiger partial charge on any atom is 0.143 e. The van der Waals surface area contributed by atoms with Crippen molar-refractivity contribution in [3.63, 3.8) is 0 Å². The summed E-state index contributed by atoms with van der Waals surface area (Å²) in [5.41, 5.74) is 4.12. The van der Waals surface area contributed by atoms with Gasteiger partial charge in [-0.25, -0.2) is 0 Å². The molecule has 0 aliphatic heterocycles. The maximum atomic E-state index is 10.9. The molecule has 18 heavy (non-hydrogen) atoms. The molecule has 1 aromatic carbocycles. The number of nitrogens with one attached hydrogen (secondary N) is 1. The summed E-state index contributed by atoms with van der Waals surface area (Å²) in [6, 6.07) is 0. The van der Waals surface area contributed by atoms with Gasteiger partial charge in [0.25, 0.3) is 0 Å². The average Bonchev–Trinajstić information content (AvgIpc) is 2.33. The van der Waals surface area contributed by atoms with Crippen molar-refractivity contribution in [1.29, 1.82) is 0 Å². The fourth-order valence-corrected chi connectivity index (χ4v) is 2.25. The first kappa shape index (κ1) is 15.0. The molecule has 0 atom stereocenters. The van der Waals surface area contributed by atoms with E-state index in [4.69, 9.17) is 16.3 Å². The van der Waals surface area contributed by atoms with Crippen molar-refractivity contribution in [1.82, 2.24) is 5.32 Å². The van der Waals surface area contributed by atoms with Gasteiger partial charge in [-0.15, -0.1) is 0 Å². The summed E-state index contributed by atoms with van der Waals surface area (Å²) in [5.74, 6) is 0.965. The Balaban J connectivity index is 3.12. The summed E-state index contributed by atoms with van der Waals surface area (Å²) in [6.07, 6.45) is 0. The number of halogens is 1. The normalized spacial score (nSPS) is 10.6. The van der Waals surface area contributed by atoms with Gasteiger partial charge < -0.3 is 10.1 Å². The molecule has 100 valence electrons. The Morgan fingerprint density at radius 1 is 1.22 bits per heavy atom. The molecule has 3 nitrogen and oxygen atoms in total.